The van der Waals surface area contributed by atoms with Crippen molar-refractivity contribution in [2.45, 2.75) is 13.8 Å². The largest absolute Gasteiger partial charge is 0.337 e. The van der Waals surface area contributed by atoms with Gasteiger partial charge >= 0.3 is 0 Å². The highest BCUT2D eigenvalue weighted by molar-refractivity contribution is 5.26. The van der Waals surface area contributed by atoms with Crippen molar-refractivity contribution in [2.75, 3.05) is 6.61 Å². The molecule has 0 fully saturated rings. The molecule has 0 atom stereocenters. The Morgan fingerprint density at radius 1 is 1.38 bits per heavy atom. The van der Waals surface area contributed by atoms with E-state index in [0.717, 1.165) is 11.3 Å². The molecule has 0 radical (unpaired) electrons. The summed E-state index contributed by atoms with van der Waals surface area (Å²) >= 11 is 0. The fraction of sp³-hybridized carbons (Fsp3) is 0.273. The predicted octanol–water partition coefficient (Wildman–Crippen LogP) is 2.88. The van der Waals surface area contributed by atoms with Gasteiger partial charge in [-0.1, -0.05) is 24.3 Å². The van der Waals surface area contributed by atoms with E-state index in [1.807, 2.05) is 50.3 Å². The standard InChI is InChI=1S/C11H14O2/c1-3-4-8-12-13-11-7-5-6-10(2)9-11/h3-7,9H,8H2,1-2H3/b4-3+. The first kappa shape index (κ1) is 9.81. The number of hydrogen-bond acceptors (Lipinski definition) is 2. The molecule has 0 amide bonds. The number of benzene rings is 1. The van der Waals surface area contributed by atoms with Gasteiger partial charge in [0.2, 0.25) is 0 Å². The summed E-state index contributed by atoms with van der Waals surface area (Å²) in [5, 5.41) is 0. The first-order chi connectivity index (χ1) is 6.33. The molecule has 0 aromatic heterocycles. The molecule has 1 aromatic carbocycles. The summed E-state index contributed by atoms with van der Waals surface area (Å²) in [5.41, 5.74) is 1.16. The molecule has 0 bridgehead atoms. The Kier molecular flexibility index (Phi) is 4.06. The number of rotatable bonds is 4. The Morgan fingerprint density at radius 2 is 2.23 bits per heavy atom. The van der Waals surface area contributed by atoms with E-state index in [2.05, 4.69) is 0 Å². The predicted molar refractivity (Wildman–Crippen MR) is 52.6 cm³/mol. The van der Waals surface area contributed by atoms with E-state index in [9.17, 15) is 0 Å². The summed E-state index contributed by atoms with van der Waals surface area (Å²) < 4.78 is 0. The van der Waals surface area contributed by atoms with Crippen LogP contribution in [-0.4, -0.2) is 6.61 Å². The Hall–Kier alpha value is -1.28. The molecule has 0 aliphatic carbocycles. The summed E-state index contributed by atoms with van der Waals surface area (Å²) in [4.78, 5) is 9.97. The van der Waals surface area contributed by atoms with Crippen LogP contribution in [0.1, 0.15) is 12.5 Å². The molecule has 0 N–H and O–H groups in total. The fourth-order valence-corrected chi connectivity index (χ4v) is 0.905. The SMILES string of the molecule is C/C=C/COOc1cccc(C)c1. The Morgan fingerprint density at radius 3 is 2.92 bits per heavy atom. The van der Waals surface area contributed by atoms with Crippen molar-refractivity contribution in [3.63, 3.8) is 0 Å². The van der Waals surface area contributed by atoms with Gasteiger partial charge in [-0.2, -0.15) is 4.89 Å². The lowest BCUT2D eigenvalue weighted by Crippen LogP contribution is -1.96. The lowest BCUT2D eigenvalue weighted by atomic mass is 10.2. The van der Waals surface area contributed by atoms with E-state index in [1.165, 1.54) is 0 Å². The first-order valence-electron chi connectivity index (χ1n) is 4.30. The van der Waals surface area contributed by atoms with Crippen LogP contribution in [0.4, 0.5) is 0 Å². The molecule has 2 nitrogen and oxygen atoms in total. The lowest BCUT2D eigenvalue weighted by molar-refractivity contribution is -0.195. The third kappa shape index (κ3) is 3.76. The molecule has 1 aromatic rings. The van der Waals surface area contributed by atoms with Crippen LogP contribution in [0.2, 0.25) is 0 Å². The summed E-state index contributed by atoms with van der Waals surface area (Å²) in [7, 11) is 0. The van der Waals surface area contributed by atoms with Crippen LogP contribution in [-0.2, 0) is 4.89 Å². The van der Waals surface area contributed by atoms with E-state index in [4.69, 9.17) is 9.78 Å². The van der Waals surface area contributed by atoms with Gasteiger partial charge in [0, 0.05) is 0 Å². The topological polar surface area (TPSA) is 18.5 Å². The Balaban J connectivity index is 2.36. The van der Waals surface area contributed by atoms with Crippen molar-refractivity contribution in [1.82, 2.24) is 0 Å². The maximum Gasteiger partial charge on any atom is 0.165 e. The molecule has 0 aliphatic heterocycles. The van der Waals surface area contributed by atoms with Crippen molar-refractivity contribution >= 4 is 0 Å². The van der Waals surface area contributed by atoms with Gasteiger partial charge in [-0.05, 0) is 31.5 Å². The van der Waals surface area contributed by atoms with Gasteiger partial charge in [-0.25, -0.2) is 0 Å². The zero-order valence-corrected chi connectivity index (χ0v) is 7.99. The third-order valence-corrected chi connectivity index (χ3v) is 1.54. The molecule has 70 valence electrons. The molecule has 2 heteroatoms. The average molecular weight is 178 g/mol. The van der Waals surface area contributed by atoms with E-state index < -0.39 is 0 Å². The van der Waals surface area contributed by atoms with Crippen molar-refractivity contribution in [2.24, 2.45) is 0 Å². The zero-order valence-electron chi connectivity index (χ0n) is 7.99. The average Bonchev–Trinajstić information content (AvgIpc) is 2.13. The molecule has 1 rings (SSSR count). The Labute approximate surface area is 78.7 Å². The molecule has 0 spiro atoms. The smallest absolute Gasteiger partial charge is 0.165 e. The molecular formula is C11H14O2. The summed E-state index contributed by atoms with van der Waals surface area (Å²) in [5.74, 6) is 0.740. The molecular weight excluding hydrogens is 164 g/mol. The van der Waals surface area contributed by atoms with Crippen LogP contribution in [0.5, 0.6) is 5.75 Å². The minimum absolute atomic E-state index is 0.477. The molecule has 0 saturated carbocycles. The maximum absolute atomic E-state index is 5.04. The van der Waals surface area contributed by atoms with Crippen LogP contribution in [0, 0.1) is 6.92 Å². The van der Waals surface area contributed by atoms with Crippen molar-refractivity contribution in [1.29, 1.82) is 0 Å². The van der Waals surface area contributed by atoms with E-state index in [0.29, 0.717) is 6.61 Å². The highest BCUT2D eigenvalue weighted by Gasteiger charge is 1.92. The second kappa shape index (κ2) is 5.38. The molecule has 0 heterocycles. The highest BCUT2D eigenvalue weighted by Crippen LogP contribution is 2.12. The van der Waals surface area contributed by atoms with Gasteiger partial charge in [0.15, 0.2) is 5.75 Å². The van der Waals surface area contributed by atoms with E-state index >= 15 is 0 Å². The van der Waals surface area contributed by atoms with Crippen LogP contribution < -0.4 is 4.89 Å². The van der Waals surface area contributed by atoms with E-state index in [-0.39, 0.29) is 0 Å². The van der Waals surface area contributed by atoms with Crippen molar-refractivity contribution < 1.29 is 9.78 Å². The molecule has 13 heavy (non-hydrogen) atoms. The zero-order chi connectivity index (χ0) is 9.52. The molecule has 0 aliphatic rings. The monoisotopic (exact) mass is 178 g/mol. The minimum atomic E-state index is 0.477. The van der Waals surface area contributed by atoms with Gasteiger partial charge in [-0.15, -0.1) is 0 Å². The second-order valence-electron chi connectivity index (χ2n) is 2.75. The van der Waals surface area contributed by atoms with Gasteiger partial charge in [0.05, 0.1) is 0 Å². The maximum atomic E-state index is 5.04. The number of aryl methyl sites for hydroxylation is 1. The lowest BCUT2D eigenvalue weighted by Gasteiger charge is -2.02. The second-order valence-corrected chi connectivity index (χ2v) is 2.75. The summed E-state index contributed by atoms with van der Waals surface area (Å²) in [6.07, 6.45) is 3.80. The summed E-state index contributed by atoms with van der Waals surface area (Å²) in [6.45, 7) is 4.43. The quantitative estimate of drug-likeness (QED) is 0.305. The molecule has 0 unspecified atom stereocenters. The molecule has 0 saturated heterocycles. The third-order valence-electron chi connectivity index (χ3n) is 1.54. The number of hydrogen-bond donors (Lipinski definition) is 0. The van der Waals surface area contributed by atoms with Gasteiger partial charge in [0.1, 0.15) is 6.61 Å². The fourth-order valence-electron chi connectivity index (χ4n) is 0.905. The van der Waals surface area contributed by atoms with Gasteiger partial charge in [-0.3, -0.25) is 0 Å². The first-order valence-corrected chi connectivity index (χ1v) is 4.30. The van der Waals surface area contributed by atoms with Gasteiger partial charge < -0.3 is 4.89 Å². The van der Waals surface area contributed by atoms with Crippen LogP contribution in [0.15, 0.2) is 36.4 Å². The highest BCUT2D eigenvalue weighted by atomic mass is 17.2. The minimum Gasteiger partial charge on any atom is -0.337 e. The van der Waals surface area contributed by atoms with Crippen LogP contribution >= 0.6 is 0 Å². The normalized spacial score (nSPS) is 10.6. The van der Waals surface area contributed by atoms with E-state index in [1.54, 1.807) is 0 Å². The van der Waals surface area contributed by atoms with Crippen LogP contribution in [0.3, 0.4) is 0 Å². The Bertz CT molecular complexity index is 279. The summed E-state index contributed by atoms with van der Waals surface area (Å²) in [6, 6.07) is 7.74. The van der Waals surface area contributed by atoms with Crippen molar-refractivity contribution in [3.8, 4) is 5.75 Å². The van der Waals surface area contributed by atoms with Gasteiger partial charge in [0.25, 0.3) is 0 Å². The van der Waals surface area contributed by atoms with Crippen LogP contribution in [0.25, 0.3) is 0 Å². The number of allylic oxidation sites excluding steroid dienone is 1. The van der Waals surface area contributed by atoms with Crippen molar-refractivity contribution in [3.05, 3.63) is 42.0 Å².